The molecule has 0 aromatic rings. The van der Waals surface area contributed by atoms with E-state index in [1.54, 1.807) is 11.9 Å². The number of ether oxygens (including phenoxy) is 1. The summed E-state index contributed by atoms with van der Waals surface area (Å²) in [6.45, 7) is 14.3. The van der Waals surface area contributed by atoms with Crippen LogP contribution in [0, 0.1) is 5.41 Å². The summed E-state index contributed by atoms with van der Waals surface area (Å²) in [6.07, 6.45) is 2.60. The second kappa shape index (κ2) is 6.73. The highest BCUT2D eigenvalue weighted by atomic mass is 16.6. The second-order valence-corrected chi connectivity index (χ2v) is 6.88. The fraction of sp³-hybridized carbons (Fsp3) is 0.706. The highest BCUT2D eigenvalue weighted by Crippen LogP contribution is 2.42. The smallest absolute Gasteiger partial charge is 0.414 e. The molecule has 1 heterocycles. The Hall–Kier alpha value is -1.49. The van der Waals surface area contributed by atoms with Gasteiger partial charge in [0.2, 0.25) is 0 Å². The predicted molar refractivity (Wildman–Crippen MR) is 87.9 cm³/mol. The third kappa shape index (κ3) is 3.83. The number of nitrogens with one attached hydrogen (secondary N) is 1. The summed E-state index contributed by atoms with van der Waals surface area (Å²) in [5.74, 6) is 0.759. The van der Waals surface area contributed by atoms with Crippen molar-refractivity contribution in [2.75, 3.05) is 13.6 Å². The van der Waals surface area contributed by atoms with Gasteiger partial charge in [-0.1, -0.05) is 18.6 Å². The van der Waals surface area contributed by atoms with Crippen LogP contribution in [0.2, 0.25) is 0 Å². The lowest BCUT2D eigenvalue weighted by Gasteiger charge is -2.33. The molecule has 22 heavy (non-hydrogen) atoms. The number of carbonyl (C=O) groups excluding carboxylic acids is 1. The Balaban J connectivity index is 3.30. The van der Waals surface area contributed by atoms with Crippen molar-refractivity contribution < 1.29 is 14.4 Å². The number of hydroxylamine groups is 1. The molecule has 1 N–H and O–H groups in total. The standard InChI is InChI=1S/C17H30N2O3/c1-9-17(7)12(2)10-11-19(13(3)14(17)22-18-8)15(20)21-16(4,5)6/h10,18H,9,11H2,1-8H3. The Bertz CT molecular complexity index is 489. The fourth-order valence-electron chi connectivity index (χ4n) is 2.55. The predicted octanol–water partition coefficient (Wildman–Crippen LogP) is 3.98. The van der Waals surface area contributed by atoms with Crippen molar-refractivity contribution in [3.63, 3.8) is 0 Å². The Labute approximate surface area is 134 Å². The molecule has 0 radical (unpaired) electrons. The van der Waals surface area contributed by atoms with Crippen molar-refractivity contribution in [1.29, 1.82) is 0 Å². The average molecular weight is 310 g/mol. The Kier molecular flexibility index (Phi) is 5.68. The van der Waals surface area contributed by atoms with Gasteiger partial charge in [0.15, 0.2) is 5.76 Å². The molecule has 1 atom stereocenters. The largest absolute Gasteiger partial charge is 0.443 e. The first-order chi connectivity index (χ1) is 10.1. The summed E-state index contributed by atoms with van der Waals surface area (Å²) < 4.78 is 5.51. The van der Waals surface area contributed by atoms with Gasteiger partial charge in [0.05, 0.1) is 5.70 Å². The van der Waals surface area contributed by atoms with Gasteiger partial charge in [-0.3, -0.25) is 4.90 Å². The summed E-state index contributed by atoms with van der Waals surface area (Å²) in [4.78, 5) is 19.8. The summed E-state index contributed by atoms with van der Waals surface area (Å²) >= 11 is 0. The van der Waals surface area contributed by atoms with Crippen LogP contribution in [0.25, 0.3) is 0 Å². The number of hydrogen-bond acceptors (Lipinski definition) is 4. The molecule has 5 nitrogen and oxygen atoms in total. The van der Waals surface area contributed by atoms with Crippen LogP contribution in [0.4, 0.5) is 4.79 Å². The third-order valence-electron chi connectivity index (χ3n) is 4.21. The molecule has 0 aromatic heterocycles. The minimum atomic E-state index is -0.527. The minimum Gasteiger partial charge on any atom is -0.443 e. The SMILES string of the molecule is CCC1(C)C(C)=CCN(C(=O)OC(C)(C)C)C(C)=C1ONC. The molecule has 0 fully saturated rings. The van der Waals surface area contributed by atoms with Crippen molar-refractivity contribution in [1.82, 2.24) is 10.4 Å². The lowest BCUT2D eigenvalue weighted by Crippen LogP contribution is -2.37. The van der Waals surface area contributed by atoms with Crippen molar-refractivity contribution in [2.24, 2.45) is 5.41 Å². The molecule has 1 aliphatic heterocycles. The lowest BCUT2D eigenvalue weighted by molar-refractivity contribution is 0.0288. The van der Waals surface area contributed by atoms with Gasteiger partial charge < -0.3 is 9.57 Å². The van der Waals surface area contributed by atoms with Crippen molar-refractivity contribution in [3.8, 4) is 0 Å². The molecular formula is C17H30N2O3. The Morgan fingerprint density at radius 2 is 2.00 bits per heavy atom. The number of carbonyl (C=O) groups is 1. The second-order valence-electron chi connectivity index (χ2n) is 6.88. The van der Waals surface area contributed by atoms with Gasteiger partial charge in [-0.15, -0.1) is 0 Å². The first-order valence-electron chi connectivity index (χ1n) is 7.79. The number of nitrogens with zero attached hydrogens (tertiary/aromatic N) is 1. The van der Waals surface area contributed by atoms with Gasteiger partial charge in [0.1, 0.15) is 5.60 Å². The number of hydrogen-bond donors (Lipinski definition) is 1. The molecular weight excluding hydrogens is 280 g/mol. The van der Waals surface area contributed by atoms with E-state index in [0.29, 0.717) is 6.54 Å². The molecule has 5 heteroatoms. The molecule has 126 valence electrons. The molecule has 0 spiro atoms. The zero-order valence-corrected chi connectivity index (χ0v) is 15.2. The Morgan fingerprint density at radius 1 is 1.41 bits per heavy atom. The summed E-state index contributed by atoms with van der Waals surface area (Å²) in [5.41, 5.74) is 3.94. The zero-order chi connectivity index (χ0) is 17.1. The molecule has 1 unspecified atom stereocenters. The number of amides is 1. The molecule has 0 aliphatic carbocycles. The lowest BCUT2D eigenvalue weighted by atomic mass is 9.78. The molecule has 0 saturated carbocycles. The maximum Gasteiger partial charge on any atom is 0.414 e. The normalized spacial score (nSPS) is 23.1. The van der Waals surface area contributed by atoms with E-state index >= 15 is 0 Å². The fourth-order valence-corrected chi connectivity index (χ4v) is 2.55. The highest BCUT2D eigenvalue weighted by molar-refractivity contribution is 5.71. The highest BCUT2D eigenvalue weighted by Gasteiger charge is 2.38. The molecule has 0 aromatic carbocycles. The van der Waals surface area contributed by atoms with E-state index in [2.05, 4.69) is 32.3 Å². The van der Waals surface area contributed by atoms with Gasteiger partial charge in [0, 0.05) is 19.0 Å². The average Bonchev–Trinajstić information content (AvgIpc) is 2.49. The van der Waals surface area contributed by atoms with Gasteiger partial charge in [-0.2, -0.15) is 5.48 Å². The van der Waals surface area contributed by atoms with E-state index in [4.69, 9.17) is 9.57 Å². The topological polar surface area (TPSA) is 50.8 Å². The monoisotopic (exact) mass is 310 g/mol. The van der Waals surface area contributed by atoms with Crippen LogP contribution in [-0.4, -0.2) is 30.2 Å². The number of allylic oxidation sites excluding steroid dienone is 2. The van der Waals surface area contributed by atoms with Crippen LogP contribution in [0.5, 0.6) is 0 Å². The van der Waals surface area contributed by atoms with E-state index in [9.17, 15) is 4.79 Å². The molecule has 0 saturated heterocycles. The van der Waals surface area contributed by atoms with E-state index in [0.717, 1.165) is 17.9 Å². The summed E-state index contributed by atoms with van der Waals surface area (Å²) in [6, 6.07) is 0. The van der Waals surface area contributed by atoms with Crippen LogP contribution in [0.3, 0.4) is 0 Å². The summed E-state index contributed by atoms with van der Waals surface area (Å²) in [5, 5.41) is 0. The molecule has 0 bridgehead atoms. The van der Waals surface area contributed by atoms with Crippen LogP contribution < -0.4 is 5.48 Å². The Morgan fingerprint density at radius 3 is 2.45 bits per heavy atom. The van der Waals surface area contributed by atoms with Gasteiger partial charge in [0.25, 0.3) is 0 Å². The first kappa shape index (κ1) is 18.6. The molecule has 1 amide bonds. The van der Waals surface area contributed by atoms with E-state index in [1.807, 2.05) is 27.7 Å². The third-order valence-corrected chi connectivity index (χ3v) is 4.21. The summed E-state index contributed by atoms with van der Waals surface area (Å²) in [7, 11) is 1.72. The zero-order valence-electron chi connectivity index (χ0n) is 15.2. The van der Waals surface area contributed by atoms with Gasteiger partial charge in [-0.25, -0.2) is 4.79 Å². The maximum atomic E-state index is 12.5. The van der Waals surface area contributed by atoms with Crippen LogP contribution >= 0.6 is 0 Å². The van der Waals surface area contributed by atoms with E-state index < -0.39 is 5.60 Å². The van der Waals surface area contributed by atoms with E-state index in [-0.39, 0.29) is 11.5 Å². The van der Waals surface area contributed by atoms with Crippen LogP contribution in [0.1, 0.15) is 54.9 Å². The molecule has 1 rings (SSSR count). The van der Waals surface area contributed by atoms with Crippen molar-refractivity contribution in [2.45, 2.75) is 60.5 Å². The first-order valence-corrected chi connectivity index (χ1v) is 7.79. The number of rotatable bonds is 3. The van der Waals surface area contributed by atoms with Crippen LogP contribution in [0.15, 0.2) is 23.1 Å². The van der Waals surface area contributed by atoms with Gasteiger partial charge in [-0.05, 0) is 48.0 Å². The minimum absolute atomic E-state index is 0.246. The van der Waals surface area contributed by atoms with Crippen molar-refractivity contribution in [3.05, 3.63) is 23.1 Å². The quantitative estimate of drug-likeness (QED) is 0.633. The van der Waals surface area contributed by atoms with Gasteiger partial charge >= 0.3 is 6.09 Å². The maximum absolute atomic E-state index is 12.5. The van der Waals surface area contributed by atoms with Crippen LogP contribution in [-0.2, 0) is 9.57 Å². The molecule has 1 aliphatic rings. The van der Waals surface area contributed by atoms with Crippen molar-refractivity contribution >= 4 is 6.09 Å². The van der Waals surface area contributed by atoms with E-state index in [1.165, 1.54) is 5.57 Å².